The van der Waals surface area contributed by atoms with E-state index in [9.17, 15) is 0 Å². The maximum atomic E-state index is 5.18. The average Bonchev–Trinajstić information content (AvgIpc) is 2.42. The number of rotatable bonds is 11. The highest BCUT2D eigenvalue weighted by molar-refractivity contribution is 7.68. The summed E-state index contributed by atoms with van der Waals surface area (Å²) in [5, 5.41) is 7.40. The third kappa shape index (κ3) is 8.71. The van der Waals surface area contributed by atoms with Crippen LogP contribution in [0.5, 0.6) is 0 Å². The highest BCUT2D eigenvalue weighted by Crippen LogP contribution is 1.93. The summed E-state index contributed by atoms with van der Waals surface area (Å²) in [6, 6.07) is 0. The van der Waals surface area contributed by atoms with Crippen molar-refractivity contribution in [1.82, 2.24) is 15.2 Å². The van der Waals surface area contributed by atoms with Gasteiger partial charge >= 0.3 is 0 Å². The fourth-order valence-electron chi connectivity index (χ4n) is 1.18. The molecular formula is C5H6B10N3. The fraction of sp³-hybridized carbons (Fsp3) is 0.400. The van der Waals surface area contributed by atoms with Crippen LogP contribution in [0.3, 0.4) is 0 Å². The van der Waals surface area contributed by atoms with Gasteiger partial charge in [-0.25, -0.2) is 4.98 Å². The number of hydrogen-bond donors (Lipinski definition) is 0. The third-order valence-corrected chi connectivity index (χ3v) is 2.03. The smallest absolute Gasteiger partial charge is 0.138 e. The van der Waals surface area contributed by atoms with Crippen LogP contribution in [0.1, 0.15) is 5.69 Å². The van der Waals surface area contributed by atoms with E-state index in [0.29, 0.717) is 0 Å². The van der Waals surface area contributed by atoms with Crippen LogP contribution in [-0.2, 0) is 6.42 Å². The molecule has 0 aliphatic rings. The minimum Gasteiger partial charge on any atom is -0.238 e. The van der Waals surface area contributed by atoms with Crippen molar-refractivity contribution in [3.05, 3.63) is 18.2 Å². The van der Waals surface area contributed by atoms with Crippen molar-refractivity contribution >= 4 is 71.4 Å². The predicted molar refractivity (Wildman–Crippen MR) is 85.9 cm³/mol. The van der Waals surface area contributed by atoms with E-state index in [1.165, 1.54) is 13.4 Å². The van der Waals surface area contributed by atoms with Crippen LogP contribution in [0, 0.1) is 0 Å². The molecule has 71 valence electrons. The molecule has 0 N–H and O–H groups in total. The second kappa shape index (κ2) is 11.7. The van der Waals surface area contributed by atoms with Crippen molar-refractivity contribution in [2.75, 3.05) is 0 Å². The number of aryl methyl sites for hydroxylation is 1. The number of hydrogen-bond acceptors (Lipinski definition) is 3. The lowest BCUT2D eigenvalue weighted by Crippen LogP contribution is -2.31. The van der Waals surface area contributed by atoms with Crippen molar-refractivity contribution in [2.45, 2.75) is 12.7 Å². The zero-order valence-electron chi connectivity index (χ0n) is 10.2. The molecule has 3 nitrogen and oxygen atoms in total. The Morgan fingerprint density at radius 3 is 2.33 bits per heavy atom. The van der Waals surface area contributed by atoms with Gasteiger partial charge in [0.25, 0.3) is 0 Å². The first-order valence-corrected chi connectivity index (χ1v) is 5.75. The molecule has 0 amide bonds. The summed E-state index contributed by atoms with van der Waals surface area (Å²) in [7, 11) is 22.2. The Labute approximate surface area is 118 Å². The summed E-state index contributed by atoms with van der Waals surface area (Å²) in [5.41, 5.74) is 0.960. The molecule has 1 aromatic heterocycles. The predicted octanol–water partition coefficient (Wildman–Crippen LogP) is -3.43. The molecule has 11 radical (unpaired) electrons. The van der Waals surface area contributed by atoms with Crippen molar-refractivity contribution < 1.29 is 0 Å². The Morgan fingerprint density at radius 2 is 1.67 bits per heavy atom. The lowest BCUT2D eigenvalue weighted by atomic mass is 8.89. The van der Waals surface area contributed by atoms with Crippen LogP contribution in [0.25, 0.3) is 0 Å². The molecule has 0 bridgehead atoms. The van der Waals surface area contributed by atoms with E-state index in [2.05, 4.69) is 22.4 Å². The molecule has 0 aliphatic heterocycles. The van der Waals surface area contributed by atoms with Crippen LogP contribution in [0.2, 0.25) is 6.32 Å². The van der Waals surface area contributed by atoms with Gasteiger partial charge in [-0.05, 0) is 6.42 Å². The molecule has 1 aromatic rings. The van der Waals surface area contributed by atoms with Gasteiger partial charge in [-0.2, -0.15) is 5.10 Å². The van der Waals surface area contributed by atoms with E-state index < -0.39 is 0 Å². The Kier molecular flexibility index (Phi) is 10.2. The van der Waals surface area contributed by atoms with Gasteiger partial charge in [-0.15, -0.1) is 5.10 Å². The number of nitrogens with zero attached hydrogens (tertiary/aromatic N) is 3. The molecule has 0 fully saturated rings. The molecule has 1 rings (SSSR count). The minimum absolute atomic E-state index is 0.880. The quantitative estimate of drug-likeness (QED) is 0.285. The van der Waals surface area contributed by atoms with Crippen LogP contribution in [0.4, 0.5) is 0 Å². The van der Waals surface area contributed by atoms with Gasteiger partial charge in [0, 0.05) is 64.2 Å². The van der Waals surface area contributed by atoms with Gasteiger partial charge in [-0.3, -0.25) is 0 Å². The van der Waals surface area contributed by atoms with E-state index in [1.54, 1.807) is 13.3 Å². The molecule has 0 saturated carbocycles. The highest BCUT2D eigenvalue weighted by atomic mass is 15.1. The van der Waals surface area contributed by atoms with Crippen molar-refractivity contribution in [3.63, 3.8) is 0 Å². The molecule has 13 heteroatoms. The van der Waals surface area contributed by atoms with Gasteiger partial charge in [0.15, 0.2) is 0 Å². The molecule has 1 heterocycles. The second-order valence-electron chi connectivity index (χ2n) is 3.41. The number of aromatic nitrogens is 3. The molecule has 0 spiro atoms. The van der Waals surface area contributed by atoms with E-state index >= 15 is 0 Å². The zero-order valence-corrected chi connectivity index (χ0v) is 10.2. The van der Waals surface area contributed by atoms with Gasteiger partial charge in [0.05, 0.1) is 19.1 Å². The molecule has 18 heavy (non-hydrogen) atoms. The molecule has 0 unspecified atom stereocenters. The van der Waals surface area contributed by atoms with Crippen LogP contribution < -0.4 is 0 Å². The van der Waals surface area contributed by atoms with Crippen LogP contribution in [0.15, 0.2) is 12.5 Å². The largest absolute Gasteiger partial charge is 0.238 e. The molecule has 0 aliphatic carbocycles. The summed E-state index contributed by atoms with van der Waals surface area (Å²) < 4.78 is 0. The van der Waals surface area contributed by atoms with Gasteiger partial charge in [0.2, 0.25) is 0 Å². The maximum Gasteiger partial charge on any atom is 0.138 e. The normalized spacial score (nSPS) is 8.67. The summed E-state index contributed by atoms with van der Waals surface area (Å²) >= 11 is 0. The van der Waals surface area contributed by atoms with Crippen molar-refractivity contribution in [3.8, 4) is 0 Å². The first kappa shape index (κ1) is 15.7. The summed E-state index contributed by atoms with van der Waals surface area (Å²) in [4.78, 5) is 4.10. The van der Waals surface area contributed by atoms with E-state index in [4.69, 9.17) is 7.74 Å². The topological polar surface area (TPSA) is 38.7 Å². The standard InChI is InChI=1S/C5H6B10N3/c6-8-10-12-14-15-13-11-9-7-2-1-5-3-17-18-4-16-5/h3-4H,1-2H2. The van der Waals surface area contributed by atoms with E-state index in [0.717, 1.165) is 18.4 Å². The Bertz CT molecular complexity index is 288. The lowest BCUT2D eigenvalue weighted by molar-refractivity contribution is 0.898. The average molecular weight is 216 g/mol. The first-order valence-electron chi connectivity index (χ1n) is 5.75. The lowest BCUT2D eigenvalue weighted by Gasteiger charge is -1.98. The SMILES string of the molecule is [B][B][B][B][B][B][B][B][B][B]CCc1cnncn1. The molecular weight excluding hydrogens is 210 g/mol. The van der Waals surface area contributed by atoms with Crippen LogP contribution >= 0.6 is 0 Å². The fourth-order valence-corrected chi connectivity index (χ4v) is 1.18. The highest BCUT2D eigenvalue weighted by Gasteiger charge is 1.99. The Morgan fingerprint density at radius 1 is 0.944 bits per heavy atom. The van der Waals surface area contributed by atoms with Crippen LogP contribution in [-0.4, -0.2) is 86.6 Å². The Hall–Kier alpha value is -0.341. The zero-order chi connectivity index (χ0) is 12.9. The molecule has 0 aromatic carbocycles. The molecule has 0 atom stereocenters. The van der Waals surface area contributed by atoms with Crippen molar-refractivity contribution in [2.24, 2.45) is 0 Å². The van der Waals surface area contributed by atoms with E-state index in [-0.39, 0.29) is 0 Å². The molecule has 0 saturated heterocycles. The van der Waals surface area contributed by atoms with Gasteiger partial charge < -0.3 is 0 Å². The summed E-state index contributed by atoms with van der Waals surface area (Å²) in [6.45, 7) is 0. The monoisotopic (exact) mass is 218 g/mol. The summed E-state index contributed by atoms with van der Waals surface area (Å²) in [5.74, 6) is 0. The Balaban J connectivity index is 1.82. The minimum atomic E-state index is 0.880. The van der Waals surface area contributed by atoms with Crippen molar-refractivity contribution in [1.29, 1.82) is 0 Å². The van der Waals surface area contributed by atoms with E-state index in [1.807, 2.05) is 42.4 Å². The second-order valence-corrected chi connectivity index (χ2v) is 3.41. The van der Waals surface area contributed by atoms with Gasteiger partial charge in [0.1, 0.15) is 6.33 Å². The third-order valence-electron chi connectivity index (χ3n) is 2.03. The summed E-state index contributed by atoms with van der Waals surface area (Å²) in [6.07, 6.45) is 4.98. The maximum absolute atomic E-state index is 5.18. The van der Waals surface area contributed by atoms with Gasteiger partial charge in [-0.1, -0.05) is 6.32 Å². The first-order chi connectivity index (χ1) is 8.93.